The van der Waals surface area contributed by atoms with Crippen LogP contribution in [0.25, 0.3) is 0 Å². The summed E-state index contributed by atoms with van der Waals surface area (Å²) in [6, 6.07) is 0.870. The van der Waals surface area contributed by atoms with Gasteiger partial charge in [0.2, 0.25) is 0 Å². The molecule has 0 amide bonds. The van der Waals surface area contributed by atoms with Gasteiger partial charge in [-0.25, -0.2) is 0 Å². The molecule has 0 aromatic heterocycles. The molecule has 23 heavy (non-hydrogen) atoms. The second-order valence-electron chi connectivity index (χ2n) is 9.86. The third-order valence-electron chi connectivity index (χ3n) is 8.17. The van der Waals surface area contributed by atoms with E-state index in [-0.39, 0.29) is 0 Å². The van der Waals surface area contributed by atoms with Gasteiger partial charge in [-0.2, -0.15) is 0 Å². The molecule has 0 aromatic rings. The van der Waals surface area contributed by atoms with Gasteiger partial charge >= 0.3 is 0 Å². The topological polar surface area (TPSA) is 52.0 Å². The Morgan fingerprint density at radius 1 is 0.478 bits per heavy atom. The van der Waals surface area contributed by atoms with Crippen LogP contribution in [-0.4, -0.2) is 12.1 Å². The third kappa shape index (κ3) is 3.63. The van der Waals surface area contributed by atoms with Gasteiger partial charge in [-0.05, 0) is 92.3 Å². The van der Waals surface area contributed by atoms with E-state index in [1.165, 1.54) is 44.9 Å². The Kier molecular flexibility index (Phi) is 5.43. The first-order valence-corrected chi connectivity index (χ1v) is 10.4. The minimum absolute atomic E-state index is 0.435. The Balaban J connectivity index is 1.56. The molecule has 6 atom stereocenters. The maximum atomic E-state index is 6.36. The highest BCUT2D eigenvalue weighted by molar-refractivity contribution is 4.94. The largest absolute Gasteiger partial charge is 0.327 e. The summed E-state index contributed by atoms with van der Waals surface area (Å²) in [5.41, 5.74) is 12.7. The molecule has 3 rings (SSSR count). The lowest BCUT2D eigenvalue weighted by molar-refractivity contribution is 0.116. The lowest BCUT2D eigenvalue weighted by Crippen LogP contribution is -2.43. The first-order valence-electron chi connectivity index (χ1n) is 10.4. The fourth-order valence-corrected chi connectivity index (χ4v) is 6.53. The Labute approximate surface area is 144 Å². The fraction of sp³-hybridized carbons (Fsp3) is 1.00. The van der Waals surface area contributed by atoms with E-state index < -0.39 is 0 Å². The Morgan fingerprint density at radius 2 is 0.783 bits per heavy atom. The van der Waals surface area contributed by atoms with Crippen molar-refractivity contribution in [3.8, 4) is 0 Å². The minimum atomic E-state index is 0.435. The molecule has 0 heterocycles. The van der Waals surface area contributed by atoms with Gasteiger partial charge in [-0.15, -0.1) is 0 Å². The normalized spacial score (nSPS) is 55.0. The molecule has 4 N–H and O–H groups in total. The molecule has 0 aromatic carbocycles. The molecule has 6 unspecified atom stereocenters. The summed E-state index contributed by atoms with van der Waals surface area (Å²) in [5.74, 6) is 6.74. The molecule has 0 aliphatic heterocycles. The second kappa shape index (κ2) is 7.04. The molecule has 2 heteroatoms. The number of hydrogen-bond acceptors (Lipinski definition) is 2. The zero-order valence-electron chi connectivity index (χ0n) is 15.9. The maximum absolute atomic E-state index is 6.36. The first-order chi connectivity index (χ1) is 10.9. The second-order valence-corrected chi connectivity index (χ2v) is 9.86. The average molecular weight is 321 g/mol. The van der Waals surface area contributed by atoms with E-state index in [4.69, 9.17) is 11.5 Å². The Hall–Kier alpha value is -0.0800. The van der Waals surface area contributed by atoms with Crippen LogP contribution in [0.2, 0.25) is 0 Å². The van der Waals surface area contributed by atoms with Crippen LogP contribution in [0.3, 0.4) is 0 Å². The molecule has 0 spiro atoms. The molecule has 2 nitrogen and oxygen atoms in total. The van der Waals surface area contributed by atoms with Crippen LogP contribution in [0.5, 0.6) is 0 Å². The third-order valence-corrected chi connectivity index (χ3v) is 8.17. The summed E-state index contributed by atoms with van der Waals surface area (Å²) in [5, 5.41) is 0. The molecule has 3 aliphatic rings. The van der Waals surface area contributed by atoms with Gasteiger partial charge in [0.15, 0.2) is 0 Å². The molecule has 0 bridgehead atoms. The van der Waals surface area contributed by atoms with Crippen LogP contribution in [0.15, 0.2) is 0 Å². The van der Waals surface area contributed by atoms with Crippen LogP contribution in [0.4, 0.5) is 0 Å². The van der Waals surface area contributed by atoms with Crippen LogP contribution in [0.1, 0.15) is 72.6 Å². The summed E-state index contributed by atoms with van der Waals surface area (Å²) in [4.78, 5) is 0. The molecule has 3 aliphatic carbocycles. The SMILES string of the molecule is CC1CC(C2CCC(C3CC(C)C(N)C(C)C3)C2)CC(C)C1N. The summed E-state index contributed by atoms with van der Waals surface area (Å²) in [6.45, 7) is 9.52. The van der Waals surface area contributed by atoms with E-state index in [0.717, 1.165) is 47.3 Å². The summed E-state index contributed by atoms with van der Waals surface area (Å²) < 4.78 is 0. The predicted octanol–water partition coefficient (Wildman–Crippen LogP) is 4.42. The maximum Gasteiger partial charge on any atom is 0.00905 e. The predicted molar refractivity (Wildman–Crippen MR) is 98.9 cm³/mol. The summed E-state index contributed by atoms with van der Waals surface area (Å²) in [6.07, 6.45) is 9.98. The monoisotopic (exact) mass is 320 g/mol. The van der Waals surface area contributed by atoms with Crippen molar-refractivity contribution in [2.45, 2.75) is 84.7 Å². The standard InChI is InChI=1S/C21H40N2/c1-12-7-18(8-13(2)20(12)22)16-5-6-17(11-16)19-9-14(3)21(23)15(4)10-19/h12-21H,5-11,22-23H2,1-4H3. The lowest BCUT2D eigenvalue weighted by atomic mass is 9.67. The average Bonchev–Trinajstić information content (AvgIpc) is 2.99. The van der Waals surface area contributed by atoms with Crippen molar-refractivity contribution in [1.29, 1.82) is 0 Å². The van der Waals surface area contributed by atoms with Gasteiger partial charge in [0.05, 0.1) is 0 Å². The Morgan fingerprint density at radius 3 is 1.09 bits per heavy atom. The van der Waals surface area contributed by atoms with Gasteiger partial charge in [0, 0.05) is 12.1 Å². The highest BCUT2D eigenvalue weighted by Gasteiger charge is 2.41. The van der Waals surface area contributed by atoms with Gasteiger partial charge in [-0.1, -0.05) is 27.7 Å². The number of rotatable bonds is 2. The molecular weight excluding hydrogens is 280 g/mol. The van der Waals surface area contributed by atoms with Crippen molar-refractivity contribution in [1.82, 2.24) is 0 Å². The van der Waals surface area contributed by atoms with Crippen LogP contribution in [-0.2, 0) is 0 Å². The highest BCUT2D eigenvalue weighted by atomic mass is 14.7. The number of hydrogen-bond donors (Lipinski definition) is 2. The van der Waals surface area contributed by atoms with Crippen LogP contribution < -0.4 is 11.5 Å². The molecule has 0 radical (unpaired) electrons. The molecule has 134 valence electrons. The van der Waals surface area contributed by atoms with Crippen molar-refractivity contribution in [3.05, 3.63) is 0 Å². The molecule has 0 saturated heterocycles. The minimum Gasteiger partial charge on any atom is -0.327 e. The van der Waals surface area contributed by atoms with E-state index in [0.29, 0.717) is 12.1 Å². The first kappa shape index (κ1) is 17.7. The summed E-state index contributed by atoms with van der Waals surface area (Å²) >= 11 is 0. The highest BCUT2D eigenvalue weighted by Crippen LogP contribution is 2.49. The van der Waals surface area contributed by atoms with Crippen molar-refractivity contribution < 1.29 is 0 Å². The molecular formula is C21H40N2. The van der Waals surface area contributed by atoms with Gasteiger partial charge in [0.1, 0.15) is 0 Å². The smallest absolute Gasteiger partial charge is 0.00905 e. The van der Waals surface area contributed by atoms with E-state index in [1.807, 2.05) is 0 Å². The number of nitrogens with two attached hydrogens (primary N) is 2. The quantitative estimate of drug-likeness (QED) is 0.791. The van der Waals surface area contributed by atoms with Crippen LogP contribution in [0, 0.1) is 47.3 Å². The van der Waals surface area contributed by atoms with Gasteiger partial charge in [0.25, 0.3) is 0 Å². The van der Waals surface area contributed by atoms with Crippen molar-refractivity contribution in [3.63, 3.8) is 0 Å². The molecule has 3 saturated carbocycles. The lowest BCUT2D eigenvalue weighted by Gasteiger charge is -2.41. The van der Waals surface area contributed by atoms with E-state index in [2.05, 4.69) is 27.7 Å². The molecule has 3 fully saturated rings. The van der Waals surface area contributed by atoms with Gasteiger partial charge in [-0.3, -0.25) is 0 Å². The van der Waals surface area contributed by atoms with Gasteiger partial charge < -0.3 is 11.5 Å². The zero-order valence-corrected chi connectivity index (χ0v) is 15.9. The van der Waals surface area contributed by atoms with Crippen molar-refractivity contribution >= 4 is 0 Å². The van der Waals surface area contributed by atoms with E-state index in [1.54, 1.807) is 0 Å². The Bertz CT molecular complexity index is 335. The van der Waals surface area contributed by atoms with Crippen molar-refractivity contribution in [2.75, 3.05) is 0 Å². The van der Waals surface area contributed by atoms with Crippen LogP contribution >= 0.6 is 0 Å². The van der Waals surface area contributed by atoms with E-state index >= 15 is 0 Å². The van der Waals surface area contributed by atoms with E-state index in [9.17, 15) is 0 Å². The zero-order chi connectivity index (χ0) is 16.7. The fourth-order valence-electron chi connectivity index (χ4n) is 6.53. The van der Waals surface area contributed by atoms with Crippen molar-refractivity contribution in [2.24, 2.45) is 58.8 Å². The summed E-state index contributed by atoms with van der Waals surface area (Å²) in [7, 11) is 0.